The summed E-state index contributed by atoms with van der Waals surface area (Å²) in [4.78, 5) is 4.34. The number of hydrogen-bond donors (Lipinski definition) is 0. The van der Waals surface area contributed by atoms with Gasteiger partial charge in [-0.3, -0.25) is 9.19 Å². The maximum Gasteiger partial charge on any atom is 0.127 e. The number of rotatable bonds is 4. The van der Waals surface area contributed by atoms with Gasteiger partial charge in [-0.15, -0.1) is 0 Å². The van der Waals surface area contributed by atoms with Gasteiger partial charge in [-0.2, -0.15) is 5.26 Å². The second-order valence-electron chi connectivity index (χ2n) is 5.35. The zero-order valence-corrected chi connectivity index (χ0v) is 13.8. The van der Waals surface area contributed by atoms with Crippen molar-refractivity contribution in [2.24, 2.45) is 0 Å². The maximum atomic E-state index is 14.2. The van der Waals surface area contributed by atoms with Crippen molar-refractivity contribution in [2.75, 3.05) is 0 Å². The molecule has 0 spiro atoms. The molecule has 0 N–H and O–H groups in total. The predicted molar refractivity (Wildman–Crippen MR) is 92.4 cm³/mol. The quantitative estimate of drug-likeness (QED) is 0.670. The highest BCUT2D eigenvalue weighted by molar-refractivity contribution is 7.78. The highest BCUT2D eigenvalue weighted by atomic mass is 32.2. The standard InChI is InChI=1S/C19H13FN2O2S/c20-18-10-15(6-7-16(18)12-25(23)24)19-17(5-2-8-22-19)14-4-1-3-13(9-14)11-21/h1-10H,12H2,(H,23,24)/p-1. The Balaban J connectivity index is 2.08. The number of nitriles is 1. The van der Waals surface area contributed by atoms with Gasteiger partial charge in [0.2, 0.25) is 0 Å². The Labute approximate surface area is 146 Å². The van der Waals surface area contributed by atoms with E-state index in [-0.39, 0.29) is 11.3 Å². The number of pyridine rings is 1. The van der Waals surface area contributed by atoms with E-state index in [1.165, 1.54) is 12.1 Å². The second kappa shape index (κ2) is 7.34. The van der Waals surface area contributed by atoms with Crippen LogP contribution in [0.3, 0.4) is 0 Å². The van der Waals surface area contributed by atoms with Crippen LogP contribution >= 0.6 is 0 Å². The molecule has 124 valence electrons. The number of halogens is 1. The van der Waals surface area contributed by atoms with Crippen LogP contribution in [0.2, 0.25) is 0 Å². The zero-order valence-electron chi connectivity index (χ0n) is 13.0. The first-order valence-electron chi connectivity index (χ1n) is 7.38. The van der Waals surface area contributed by atoms with Gasteiger partial charge in [-0.1, -0.05) is 41.4 Å². The molecule has 0 bridgehead atoms. The third-order valence-corrected chi connectivity index (χ3v) is 4.26. The summed E-state index contributed by atoms with van der Waals surface area (Å²) >= 11 is -2.35. The van der Waals surface area contributed by atoms with E-state index < -0.39 is 16.9 Å². The summed E-state index contributed by atoms with van der Waals surface area (Å²) in [6.07, 6.45) is 1.60. The topological polar surface area (TPSA) is 76.8 Å². The Kier molecular flexibility index (Phi) is 4.98. The monoisotopic (exact) mass is 351 g/mol. The van der Waals surface area contributed by atoms with Crippen molar-refractivity contribution in [3.05, 3.63) is 77.7 Å². The molecular formula is C19H12FN2O2S-. The van der Waals surface area contributed by atoms with Crippen molar-refractivity contribution in [3.8, 4) is 28.5 Å². The summed E-state index contributed by atoms with van der Waals surface area (Å²) < 4.78 is 35.7. The molecule has 0 aliphatic rings. The van der Waals surface area contributed by atoms with E-state index in [4.69, 9.17) is 5.26 Å². The molecule has 1 atom stereocenters. The van der Waals surface area contributed by atoms with E-state index in [1.54, 1.807) is 36.5 Å². The van der Waals surface area contributed by atoms with Crippen molar-refractivity contribution >= 4 is 11.1 Å². The average molecular weight is 351 g/mol. The van der Waals surface area contributed by atoms with Crippen molar-refractivity contribution in [3.63, 3.8) is 0 Å². The third-order valence-electron chi connectivity index (χ3n) is 3.71. The fraction of sp³-hybridized carbons (Fsp3) is 0.0526. The first-order chi connectivity index (χ1) is 12.1. The number of aromatic nitrogens is 1. The molecular weight excluding hydrogens is 339 g/mol. The summed E-state index contributed by atoms with van der Waals surface area (Å²) in [5.41, 5.74) is 3.29. The smallest absolute Gasteiger partial charge is 0.127 e. The minimum Gasteiger partial charge on any atom is -0.772 e. The van der Waals surface area contributed by atoms with Gasteiger partial charge in [0.05, 0.1) is 17.3 Å². The Bertz CT molecular complexity index is 999. The van der Waals surface area contributed by atoms with E-state index in [1.807, 2.05) is 12.1 Å². The zero-order chi connectivity index (χ0) is 17.8. The molecule has 4 nitrogen and oxygen atoms in total. The predicted octanol–water partition coefficient (Wildman–Crippen LogP) is 3.81. The second-order valence-corrected chi connectivity index (χ2v) is 6.24. The third kappa shape index (κ3) is 3.79. The minimum atomic E-state index is -2.35. The van der Waals surface area contributed by atoms with Gasteiger partial charge in [0.25, 0.3) is 0 Å². The Morgan fingerprint density at radius 1 is 1.12 bits per heavy atom. The first-order valence-corrected chi connectivity index (χ1v) is 8.63. The van der Waals surface area contributed by atoms with Gasteiger partial charge in [0.1, 0.15) is 5.82 Å². The molecule has 0 fully saturated rings. The molecule has 3 aromatic rings. The lowest BCUT2D eigenvalue weighted by Crippen LogP contribution is -1.98. The van der Waals surface area contributed by atoms with Crippen molar-refractivity contribution in [2.45, 2.75) is 5.75 Å². The fourth-order valence-electron chi connectivity index (χ4n) is 2.56. The van der Waals surface area contributed by atoms with Crippen LogP contribution in [-0.4, -0.2) is 13.7 Å². The van der Waals surface area contributed by atoms with Gasteiger partial charge < -0.3 is 4.55 Å². The lowest BCUT2D eigenvalue weighted by Gasteiger charge is -2.11. The van der Waals surface area contributed by atoms with Crippen LogP contribution < -0.4 is 0 Å². The van der Waals surface area contributed by atoms with E-state index >= 15 is 0 Å². The summed E-state index contributed by atoms with van der Waals surface area (Å²) in [6, 6.07) is 17.2. The summed E-state index contributed by atoms with van der Waals surface area (Å²) in [5, 5.41) is 9.07. The molecule has 6 heteroatoms. The molecule has 0 saturated carbocycles. The van der Waals surface area contributed by atoms with Crippen molar-refractivity contribution in [1.82, 2.24) is 4.98 Å². The maximum absolute atomic E-state index is 14.2. The van der Waals surface area contributed by atoms with Crippen LogP contribution in [0.1, 0.15) is 11.1 Å². The lowest BCUT2D eigenvalue weighted by molar-refractivity contribution is 0.533. The minimum absolute atomic E-state index is 0.112. The van der Waals surface area contributed by atoms with E-state index in [2.05, 4.69) is 11.1 Å². The molecule has 3 rings (SSSR count). The van der Waals surface area contributed by atoms with Crippen LogP contribution in [-0.2, 0) is 16.8 Å². The average Bonchev–Trinajstić information content (AvgIpc) is 2.63. The molecule has 1 unspecified atom stereocenters. The molecule has 2 aromatic carbocycles. The van der Waals surface area contributed by atoms with Crippen molar-refractivity contribution in [1.29, 1.82) is 5.26 Å². The van der Waals surface area contributed by atoms with Gasteiger partial charge in [0.15, 0.2) is 0 Å². The molecule has 25 heavy (non-hydrogen) atoms. The first kappa shape index (κ1) is 17.0. The summed E-state index contributed by atoms with van der Waals surface area (Å²) in [5.74, 6) is -0.963. The normalized spacial score (nSPS) is 11.7. The number of benzene rings is 2. The molecule has 0 amide bonds. The highest BCUT2D eigenvalue weighted by Crippen LogP contribution is 2.31. The van der Waals surface area contributed by atoms with E-state index in [0.29, 0.717) is 16.8 Å². The Morgan fingerprint density at radius 3 is 2.68 bits per heavy atom. The fourth-order valence-corrected chi connectivity index (χ4v) is 3.05. The van der Waals surface area contributed by atoms with Gasteiger partial charge in [-0.25, -0.2) is 4.39 Å². The largest absolute Gasteiger partial charge is 0.772 e. The highest BCUT2D eigenvalue weighted by Gasteiger charge is 2.12. The summed E-state index contributed by atoms with van der Waals surface area (Å²) in [7, 11) is 0. The van der Waals surface area contributed by atoms with Crippen LogP contribution in [0.4, 0.5) is 4.39 Å². The van der Waals surface area contributed by atoms with Crippen molar-refractivity contribution < 1.29 is 13.2 Å². The van der Waals surface area contributed by atoms with Crippen LogP contribution in [0.25, 0.3) is 22.4 Å². The van der Waals surface area contributed by atoms with E-state index in [9.17, 15) is 13.2 Å². The lowest BCUT2D eigenvalue weighted by atomic mass is 9.97. The SMILES string of the molecule is N#Cc1cccc(-c2cccnc2-c2ccc(CS(=O)[O-])c(F)c2)c1. The summed E-state index contributed by atoms with van der Waals surface area (Å²) in [6.45, 7) is 0. The molecule has 0 radical (unpaired) electrons. The Morgan fingerprint density at radius 2 is 1.96 bits per heavy atom. The van der Waals surface area contributed by atoms with Gasteiger partial charge in [0, 0.05) is 23.1 Å². The molecule has 0 aliphatic heterocycles. The molecule has 1 aromatic heterocycles. The Hall–Kier alpha value is -2.88. The van der Waals surface area contributed by atoms with Gasteiger partial charge in [-0.05, 0) is 35.4 Å². The van der Waals surface area contributed by atoms with E-state index in [0.717, 1.165) is 11.1 Å². The molecule has 1 heterocycles. The van der Waals surface area contributed by atoms with Gasteiger partial charge >= 0.3 is 0 Å². The van der Waals surface area contributed by atoms with Crippen LogP contribution in [0.5, 0.6) is 0 Å². The van der Waals surface area contributed by atoms with Crippen LogP contribution in [0.15, 0.2) is 60.8 Å². The van der Waals surface area contributed by atoms with Crippen LogP contribution in [0, 0.1) is 17.1 Å². The number of nitrogens with zero attached hydrogens (tertiary/aromatic N) is 2. The molecule has 0 saturated heterocycles. The molecule has 0 aliphatic carbocycles. The number of hydrogen-bond acceptors (Lipinski definition) is 4.